The van der Waals surface area contributed by atoms with Gasteiger partial charge >= 0.3 is 0 Å². The third kappa shape index (κ3) is 2.23. The van der Waals surface area contributed by atoms with Crippen molar-refractivity contribution in [2.75, 3.05) is 5.73 Å². The van der Waals surface area contributed by atoms with Gasteiger partial charge in [-0.15, -0.1) is 11.3 Å². The molecular weight excluding hydrogens is 280 g/mol. The van der Waals surface area contributed by atoms with Crippen LogP contribution in [0.5, 0.6) is 0 Å². The van der Waals surface area contributed by atoms with Crippen molar-refractivity contribution in [3.8, 4) is 0 Å². The monoisotopic (exact) mass is 287 g/mol. The van der Waals surface area contributed by atoms with Gasteiger partial charge in [0.1, 0.15) is 11.6 Å². The lowest BCUT2D eigenvalue weighted by Gasteiger charge is -2.03. The van der Waals surface area contributed by atoms with Crippen LogP contribution in [-0.4, -0.2) is 5.78 Å². The van der Waals surface area contributed by atoms with Crippen molar-refractivity contribution in [2.24, 2.45) is 0 Å². The Bertz CT molecular complexity index is 620. The number of carbonyl (C=O) groups is 1. The molecule has 0 radical (unpaired) electrons. The third-order valence-electron chi connectivity index (χ3n) is 2.41. The number of hydrogen-bond acceptors (Lipinski definition) is 3. The maximum atomic E-state index is 13.5. The number of anilines is 1. The van der Waals surface area contributed by atoms with Gasteiger partial charge in [-0.2, -0.15) is 0 Å². The smallest absolute Gasteiger partial charge is 0.206 e. The van der Waals surface area contributed by atoms with E-state index in [2.05, 4.69) is 0 Å². The fourth-order valence-corrected chi connectivity index (χ4v) is 2.60. The number of benzene rings is 1. The van der Waals surface area contributed by atoms with Crippen molar-refractivity contribution in [1.29, 1.82) is 0 Å². The minimum absolute atomic E-state index is 0.258. The Balaban J connectivity index is 2.49. The molecule has 2 nitrogen and oxygen atoms in total. The topological polar surface area (TPSA) is 43.1 Å². The zero-order chi connectivity index (χ0) is 13.4. The lowest BCUT2D eigenvalue weighted by molar-refractivity contribution is 0.103. The molecule has 0 unspecified atom stereocenters. The highest BCUT2D eigenvalue weighted by Crippen LogP contribution is 2.29. The largest absolute Gasteiger partial charge is 0.396 e. The predicted molar refractivity (Wildman–Crippen MR) is 68.3 cm³/mol. The molecule has 94 valence electrons. The van der Waals surface area contributed by atoms with Crippen molar-refractivity contribution >= 4 is 34.4 Å². The number of carbonyl (C=O) groups excluding carboxylic acids is 1. The van der Waals surface area contributed by atoms with Crippen molar-refractivity contribution < 1.29 is 13.6 Å². The first-order valence-electron chi connectivity index (χ1n) is 4.95. The number of ketones is 1. The molecule has 1 aromatic carbocycles. The summed E-state index contributed by atoms with van der Waals surface area (Å²) in [6.07, 6.45) is 0. The standard InChI is InChI=1S/C12H8ClF2NOS/c1-5-2-10(18-12(5)13)11(17)6-3-9(16)8(15)4-7(6)14/h2-4H,16H2,1H3. The normalized spacial score (nSPS) is 10.7. The molecule has 18 heavy (non-hydrogen) atoms. The first-order valence-corrected chi connectivity index (χ1v) is 6.14. The molecule has 0 fully saturated rings. The van der Waals surface area contributed by atoms with Crippen molar-refractivity contribution in [1.82, 2.24) is 0 Å². The van der Waals surface area contributed by atoms with Crippen LogP contribution in [0.25, 0.3) is 0 Å². The highest BCUT2D eigenvalue weighted by Gasteiger charge is 2.19. The Morgan fingerprint density at radius 3 is 2.50 bits per heavy atom. The summed E-state index contributed by atoms with van der Waals surface area (Å²) in [4.78, 5) is 12.3. The molecule has 0 amide bonds. The second-order valence-electron chi connectivity index (χ2n) is 3.75. The van der Waals surface area contributed by atoms with E-state index >= 15 is 0 Å². The molecule has 1 aromatic heterocycles. The van der Waals surface area contributed by atoms with E-state index in [1.807, 2.05) is 0 Å². The summed E-state index contributed by atoms with van der Waals surface area (Å²) >= 11 is 6.90. The lowest BCUT2D eigenvalue weighted by atomic mass is 10.1. The van der Waals surface area contributed by atoms with Crippen LogP contribution in [0.4, 0.5) is 14.5 Å². The second kappa shape index (κ2) is 4.66. The van der Waals surface area contributed by atoms with E-state index in [9.17, 15) is 13.6 Å². The number of aryl methyl sites for hydroxylation is 1. The molecular formula is C12H8ClF2NOS. The molecule has 2 N–H and O–H groups in total. The lowest BCUT2D eigenvalue weighted by Crippen LogP contribution is -2.05. The summed E-state index contributed by atoms with van der Waals surface area (Å²) in [5.41, 5.74) is 5.54. The molecule has 6 heteroatoms. The van der Waals surface area contributed by atoms with Crippen LogP contribution in [0, 0.1) is 18.6 Å². The fourth-order valence-electron chi connectivity index (χ4n) is 1.44. The summed E-state index contributed by atoms with van der Waals surface area (Å²) in [5, 5.41) is 0. The van der Waals surface area contributed by atoms with E-state index in [1.165, 1.54) is 0 Å². The van der Waals surface area contributed by atoms with Gasteiger partial charge in [0.25, 0.3) is 0 Å². The quantitative estimate of drug-likeness (QED) is 0.674. The first kappa shape index (κ1) is 13.0. The predicted octanol–water partition coefficient (Wildman–Crippen LogP) is 3.80. The SMILES string of the molecule is Cc1cc(C(=O)c2cc(N)c(F)cc2F)sc1Cl. The van der Waals surface area contributed by atoms with Crippen LogP contribution in [0.3, 0.4) is 0 Å². The molecule has 0 saturated heterocycles. The van der Waals surface area contributed by atoms with Gasteiger partial charge in [-0.3, -0.25) is 4.79 Å². The van der Waals surface area contributed by atoms with Crippen LogP contribution in [-0.2, 0) is 0 Å². The summed E-state index contributed by atoms with van der Waals surface area (Å²) in [6.45, 7) is 1.74. The molecule has 2 aromatic rings. The second-order valence-corrected chi connectivity index (χ2v) is 5.40. The van der Waals surface area contributed by atoms with Crippen molar-refractivity contribution in [2.45, 2.75) is 6.92 Å². The van der Waals surface area contributed by atoms with E-state index < -0.39 is 17.4 Å². The van der Waals surface area contributed by atoms with E-state index in [0.717, 1.165) is 23.0 Å². The molecule has 0 aliphatic carbocycles. The molecule has 1 heterocycles. The molecule has 0 saturated carbocycles. The van der Waals surface area contributed by atoms with Gasteiger partial charge in [0.2, 0.25) is 5.78 Å². The minimum atomic E-state index is -0.936. The Morgan fingerprint density at radius 2 is 1.94 bits per heavy atom. The van der Waals surface area contributed by atoms with E-state index in [4.69, 9.17) is 17.3 Å². The van der Waals surface area contributed by atoms with Gasteiger partial charge in [0.15, 0.2) is 0 Å². The molecule has 0 aliphatic heterocycles. The number of nitrogens with two attached hydrogens (primary N) is 1. The Labute approximate surface area is 111 Å². The molecule has 0 aliphatic rings. The van der Waals surface area contributed by atoms with Gasteiger partial charge in [-0.05, 0) is 24.6 Å². The molecule has 0 atom stereocenters. The van der Waals surface area contributed by atoms with Crippen LogP contribution in [0.2, 0.25) is 4.34 Å². The average Bonchev–Trinajstić information content (AvgIpc) is 2.63. The van der Waals surface area contributed by atoms with Crippen LogP contribution >= 0.6 is 22.9 Å². The number of halogens is 3. The Kier molecular flexibility index (Phi) is 3.36. The van der Waals surface area contributed by atoms with E-state index in [-0.39, 0.29) is 11.3 Å². The molecule has 0 bridgehead atoms. The summed E-state index contributed by atoms with van der Waals surface area (Å²) in [7, 11) is 0. The minimum Gasteiger partial charge on any atom is -0.396 e. The Morgan fingerprint density at radius 1 is 1.28 bits per heavy atom. The number of nitrogen functional groups attached to an aromatic ring is 1. The summed E-state index contributed by atoms with van der Waals surface area (Å²) in [5.74, 6) is -2.38. The van der Waals surface area contributed by atoms with E-state index in [1.54, 1.807) is 13.0 Å². The number of hydrogen-bond donors (Lipinski definition) is 1. The van der Waals surface area contributed by atoms with Crippen molar-refractivity contribution in [3.63, 3.8) is 0 Å². The van der Waals surface area contributed by atoms with Gasteiger partial charge in [-0.25, -0.2) is 8.78 Å². The highest BCUT2D eigenvalue weighted by molar-refractivity contribution is 7.18. The van der Waals surface area contributed by atoms with E-state index in [0.29, 0.717) is 15.3 Å². The van der Waals surface area contributed by atoms with Gasteiger partial charge in [0, 0.05) is 6.07 Å². The highest BCUT2D eigenvalue weighted by atomic mass is 35.5. The number of rotatable bonds is 2. The summed E-state index contributed by atoms with van der Waals surface area (Å²) < 4.78 is 27.0. The summed E-state index contributed by atoms with van der Waals surface area (Å²) in [6, 6.07) is 3.16. The fraction of sp³-hybridized carbons (Fsp3) is 0.0833. The third-order valence-corrected chi connectivity index (χ3v) is 3.97. The zero-order valence-electron chi connectivity index (χ0n) is 9.26. The zero-order valence-corrected chi connectivity index (χ0v) is 10.8. The maximum absolute atomic E-state index is 13.5. The van der Waals surface area contributed by atoms with Gasteiger partial charge in [-0.1, -0.05) is 11.6 Å². The van der Waals surface area contributed by atoms with Gasteiger partial charge in [0.05, 0.1) is 20.5 Å². The number of thiophene rings is 1. The maximum Gasteiger partial charge on any atom is 0.206 e. The van der Waals surface area contributed by atoms with Gasteiger partial charge < -0.3 is 5.73 Å². The molecule has 0 spiro atoms. The van der Waals surface area contributed by atoms with Crippen LogP contribution in [0.1, 0.15) is 20.8 Å². The first-order chi connectivity index (χ1) is 8.40. The molecule has 2 rings (SSSR count). The average molecular weight is 288 g/mol. The van der Waals surface area contributed by atoms with Crippen LogP contribution < -0.4 is 5.73 Å². The van der Waals surface area contributed by atoms with Crippen molar-refractivity contribution in [3.05, 3.63) is 50.2 Å². The van der Waals surface area contributed by atoms with Crippen LogP contribution in [0.15, 0.2) is 18.2 Å². The Hall–Kier alpha value is -1.46.